The molecule has 9 heteroatoms. The zero-order valence-corrected chi connectivity index (χ0v) is 18.4. The second-order valence-corrected chi connectivity index (χ2v) is 7.92. The van der Waals surface area contributed by atoms with Crippen LogP contribution in [0, 0.1) is 3.57 Å². The molecule has 0 radical (unpaired) electrons. The van der Waals surface area contributed by atoms with Crippen LogP contribution in [0.4, 0.5) is 37.7 Å². The second-order valence-electron chi connectivity index (χ2n) is 6.67. The zero-order valence-electron chi connectivity index (χ0n) is 16.2. The maximum absolute atomic E-state index is 12.8. The van der Waals surface area contributed by atoms with Gasteiger partial charge in [0.15, 0.2) is 6.21 Å². The number of halogens is 7. The van der Waals surface area contributed by atoms with E-state index in [0.717, 1.165) is 33.4 Å². The first-order chi connectivity index (χ1) is 15.0. The van der Waals surface area contributed by atoms with Gasteiger partial charge in [-0.3, -0.25) is 0 Å². The Morgan fingerprint density at radius 2 is 1.22 bits per heavy atom. The van der Waals surface area contributed by atoms with Crippen molar-refractivity contribution in [2.24, 2.45) is 0 Å². The molecule has 0 fully saturated rings. The summed E-state index contributed by atoms with van der Waals surface area (Å²) in [7, 11) is 0. The van der Waals surface area contributed by atoms with Gasteiger partial charge in [-0.15, -0.1) is 0 Å². The fourth-order valence-electron chi connectivity index (χ4n) is 2.71. The highest BCUT2D eigenvalue weighted by atomic mass is 127. The first-order valence-electron chi connectivity index (χ1n) is 9.20. The first kappa shape index (κ1) is 23.8. The third-order valence-corrected chi connectivity index (χ3v) is 5.08. The molecule has 0 spiro atoms. The van der Waals surface area contributed by atoms with Crippen molar-refractivity contribution in [2.45, 2.75) is 12.4 Å². The summed E-state index contributed by atoms with van der Waals surface area (Å²) in [6.45, 7) is 0. The van der Waals surface area contributed by atoms with Gasteiger partial charge in [-0.25, -0.2) is 4.99 Å². The first-order valence-corrected chi connectivity index (χ1v) is 10.3. The molecule has 0 saturated heterocycles. The monoisotopic (exact) mass is 561 g/mol. The van der Waals surface area contributed by atoms with Crippen LogP contribution in [0.2, 0.25) is 0 Å². The largest absolute Gasteiger partial charge is 0.416 e. The van der Waals surface area contributed by atoms with E-state index in [1.807, 2.05) is 24.3 Å². The SMILES string of the molecule is FC(F)(F)c1ccc(NC(=CC=[NH+]c2ccc(C(F)(F)F)cc2)c2ccc(I)cc2)cc1. The Morgan fingerprint density at radius 1 is 0.719 bits per heavy atom. The Bertz CT molecular complexity index is 1100. The summed E-state index contributed by atoms with van der Waals surface area (Å²) in [6, 6.07) is 16.6. The Balaban J connectivity index is 1.85. The molecule has 3 rings (SSSR count). The second kappa shape index (κ2) is 9.76. The van der Waals surface area contributed by atoms with E-state index in [1.165, 1.54) is 30.5 Å². The number of hydrogen-bond acceptors (Lipinski definition) is 1. The molecule has 3 aromatic carbocycles. The number of alkyl halides is 6. The zero-order chi connectivity index (χ0) is 23.4. The van der Waals surface area contributed by atoms with Crippen molar-refractivity contribution in [1.82, 2.24) is 0 Å². The summed E-state index contributed by atoms with van der Waals surface area (Å²) >= 11 is 2.15. The number of hydrogen-bond donors (Lipinski definition) is 2. The van der Waals surface area contributed by atoms with Gasteiger partial charge in [0, 0.05) is 27.5 Å². The van der Waals surface area contributed by atoms with Crippen LogP contribution in [0.1, 0.15) is 16.7 Å². The van der Waals surface area contributed by atoms with Gasteiger partial charge in [0.25, 0.3) is 0 Å². The molecule has 0 heterocycles. The highest BCUT2D eigenvalue weighted by Gasteiger charge is 2.30. The van der Waals surface area contributed by atoms with Crippen LogP contribution in [-0.2, 0) is 12.4 Å². The summed E-state index contributed by atoms with van der Waals surface area (Å²) in [6.07, 6.45) is -5.65. The average molecular weight is 561 g/mol. The van der Waals surface area contributed by atoms with E-state index in [1.54, 1.807) is 6.08 Å². The minimum atomic E-state index is -4.42. The number of nitrogens with one attached hydrogen (secondary N) is 2. The van der Waals surface area contributed by atoms with Crippen LogP contribution in [0.15, 0.2) is 78.9 Å². The Hall–Kier alpha value is -2.82. The van der Waals surface area contributed by atoms with Crippen LogP contribution < -0.4 is 10.3 Å². The number of rotatable bonds is 5. The van der Waals surface area contributed by atoms with E-state index in [4.69, 9.17) is 0 Å². The molecule has 166 valence electrons. The van der Waals surface area contributed by atoms with Gasteiger partial charge in [0.1, 0.15) is 0 Å². The molecule has 0 aromatic heterocycles. The van der Waals surface area contributed by atoms with E-state index in [2.05, 4.69) is 32.9 Å². The van der Waals surface area contributed by atoms with Crippen molar-refractivity contribution in [3.05, 3.63) is 99.1 Å². The smallest absolute Gasteiger partial charge is 0.355 e. The van der Waals surface area contributed by atoms with Gasteiger partial charge < -0.3 is 5.32 Å². The molecule has 32 heavy (non-hydrogen) atoms. The third-order valence-electron chi connectivity index (χ3n) is 4.36. The van der Waals surface area contributed by atoms with Gasteiger partial charge in [-0.2, -0.15) is 26.3 Å². The molecule has 0 aliphatic heterocycles. The van der Waals surface area contributed by atoms with Crippen molar-refractivity contribution < 1.29 is 31.3 Å². The average Bonchev–Trinajstić information content (AvgIpc) is 2.73. The van der Waals surface area contributed by atoms with Crippen molar-refractivity contribution >= 4 is 45.9 Å². The number of anilines is 1. The minimum absolute atomic E-state index is 0.450. The van der Waals surface area contributed by atoms with Crippen LogP contribution in [0.3, 0.4) is 0 Å². The molecule has 2 N–H and O–H groups in total. The Morgan fingerprint density at radius 3 is 1.72 bits per heavy atom. The van der Waals surface area contributed by atoms with Gasteiger partial charge in [-0.1, -0.05) is 12.1 Å². The van der Waals surface area contributed by atoms with Crippen LogP contribution in [-0.4, -0.2) is 6.21 Å². The van der Waals surface area contributed by atoms with Crippen LogP contribution >= 0.6 is 22.6 Å². The minimum Gasteiger partial charge on any atom is -0.355 e. The fraction of sp³-hybridized carbons (Fsp3) is 0.0870. The van der Waals surface area contributed by atoms with E-state index >= 15 is 0 Å². The fourth-order valence-corrected chi connectivity index (χ4v) is 3.07. The number of allylic oxidation sites excluding steroid dienone is 1. The standard InChI is InChI=1S/C23H15F6IN2/c24-22(25,26)16-3-9-19(10-4-16)31-14-13-21(15-1-7-18(30)8-2-15)32-20-11-5-17(6-12-20)23(27,28)29/h1-14,32H/p+1. The van der Waals surface area contributed by atoms with E-state index in [-0.39, 0.29) is 0 Å². The molecule has 2 nitrogen and oxygen atoms in total. The molecule has 3 aromatic rings. The van der Waals surface area contributed by atoms with Gasteiger partial charge in [0.05, 0.1) is 16.8 Å². The molecule has 0 saturated carbocycles. The summed E-state index contributed by atoms with van der Waals surface area (Å²) in [5.41, 5.74) is 0.758. The maximum Gasteiger partial charge on any atom is 0.416 e. The summed E-state index contributed by atoms with van der Waals surface area (Å²) < 4.78 is 77.4. The normalized spacial score (nSPS) is 12.9. The lowest BCUT2D eigenvalue weighted by atomic mass is 10.1. The molecule has 0 aliphatic rings. The predicted octanol–water partition coefficient (Wildman–Crippen LogP) is 6.26. The number of benzene rings is 3. The third kappa shape index (κ3) is 6.59. The molecule has 0 amide bonds. The molecule has 0 aliphatic carbocycles. The lowest BCUT2D eigenvalue weighted by Gasteiger charge is -2.12. The summed E-state index contributed by atoms with van der Waals surface area (Å²) in [5.74, 6) is 0. The van der Waals surface area contributed by atoms with Gasteiger partial charge in [0.2, 0.25) is 5.69 Å². The molecular formula is C23H16F6IN2+. The maximum atomic E-state index is 12.8. The topological polar surface area (TPSA) is 26.0 Å². The lowest BCUT2D eigenvalue weighted by Crippen LogP contribution is -2.61. The molecule has 0 atom stereocenters. The van der Waals surface area contributed by atoms with Crippen molar-refractivity contribution in [3.8, 4) is 0 Å². The lowest BCUT2D eigenvalue weighted by molar-refractivity contribution is -0.346. The van der Waals surface area contributed by atoms with Gasteiger partial charge >= 0.3 is 12.4 Å². The quantitative estimate of drug-likeness (QED) is 0.215. The molecular weight excluding hydrogens is 545 g/mol. The Labute approximate surface area is 193 Å². The van der Waals surface area contributed by atoms with E-state index in [9.17, 15) is 26.3 Å². The van der Waals surface area contributed by atoms with E-state index in [0.29, 0.717) is 17.1 Å². The molecule has 0 unspecified atom stereocenters. The van der Waals surface area contributed by atoms with Gasteiger partial charge in [-0.05, 0) is 76.7 Å². The molecule has 0 bridgehead atoms. The van der Waals surface area contributed by atoms with Crippen molar-refractivity contribution in [2.75, 3.05) is 5.32 Å². The van der Waals surface area contributed by atoms with Crippen LogP contribution in [0.25, 0.3) is 5.70 Å². The Kier molecular flexibility index (Phi) is 7.27. The van der Waals surface area contributed by atoms with E-state index < -0.39 is 23.5 Å². The summed E-state index contributed by atoms with van der Waals surface area (Å²) in [4.78, 5) is 2.89. The van der Waals surface area contributed by atoms with Crippen LogP contribution in [0.5, 0.6) is 0 Å². The van der Waals surface area contributed by atoms with Crippen molar-refractivity contribution in [3.63, 3.8) is 0 Å². The highest BCUT2D eigenvalue weighted by molar-refractivity contribution is 14.1. The summed E-state index contributed by atoms with van der Waals surface area (Å²) in [5, 5.41) is 3.08. The van der Waals surface area contributed by atoms with Crippen molar-refractivity contribution in [1.29, 1.82) is 0 Å². The predicted molar refractivity (Wildman–Crippen MR) is 120 cm³/mol. The highest BCUT2D eigenvalue weighted by Crippen LogP contribution is 2.31.